The molecule has 14 heavy (non-hydrogen) atoms. The SMILES string of the molecule is Cc1cc(O)c2ccc(C)c(C)c2c1. The van der Waals surface area contributed by atoms with Crippen LogP contribution in [0.3, 0.4) is 0 Å². The van der Waals surface area contributed by atoms with Crippen molar-refractivity contribution in [1.29, 1.82) is 0 Å². The third-order valence-electron chi connectivity index (χ3n) is 2.80. The molecule has 0 aliphatic rings. The Morgan fingerprint density at radius 2 is 1.64 bits per heavy atom. The number of phenols is 1. The van der Waals surface area contributed by atoms with Crippen LogP contribution in [0.2, 0.25) is 0 Å². The zero-order valence-electron chi connectivity index (χ0n) is 8.76. The summed E-state index contributed by atoms with van der Waals surface area (Å²) >= 11 is 0. The standard InChI is InChI=1S/C13H14O/c1-8-6-12-10(3)9(2)4-5-11(12)13(14)7-8/h4-7,14H,1-3H3. The average molecular weight is 186 g/mol. The average Bonchev–Trinajstić information content (AvgIpc) is 2.12. The Kier molecular flexibility index (Phi) is 1.95. The molecule has 0 radical (unpaired) electrons. The van der Waals surface area contributed by atoms with Gasteiger partial charge in [-0.1, -0.05) is 18.2 Å². The zero-order valence-corrected chi connectivity index (χ0v) is 8.76. The van der Waals surface area contributed by atoms with Gasteiger partial charge >= 0.3 is 0 Å². The summed E-state index contributed by atoms with van der Waals surface area (Å²) in [4.78, 5) is 0. The van der Waals surface area contributed by atoms with Crippen LogP contribution < -0.4 is 0 Å². The van der Waals surface area contributed by atoms with E-state index in [0.29, 0.717) is 5.75 Å². The van der Waals surface area contributed by atoms with Gasteiger partial charge in [-0.15, -0.1) is 0 Å². The first-order chi connectivity index (χ1) is 6.59. The molecule has 1 heteroatoms. The smallest absolute Gasteiger partial charge is 0.123 e. The van der Waals surface area contributed by atoms with E-state index in [9.17, 15) is 5.11 Å². The van der Waals surface area contributed by atoms with Gasteiger partial charge in [0.25, 0.3) is 0 Å². The van der Waals surface area contributed by atoms with E-state index >= 15 is 0 Å². The number of aryl methyl sites for hydroxylation is 3. The normalized spacial score (nSPS) is 10.8. The summed E-state index contributed by atoms with van der Waals surface area (Å²) in [5.41, 5.74) is 3.62. The van der Waals surface area contributed by atoms with Gasteiger partial charge in [-0.2, -0.15) is 0 Å². The number of hydrogen-bond donors (Lipinski definition) is 1. The molecule has 1 N–H and O–H groups in total. The first kappa shape index (κ1) is 9.07. The van der Waals surface area contributed by atoms with Crippen LogP contribution in [0, 0.1) is 20.8 Å². The van der Waals surface area contributed by atoms with Crippen molar-refractivity contribution >= 4 is 10.8 Å². The molecule has 0 unspecified atom stereocenters. The third kappa shape index (κ3) is 1.25. The highest BCUT2D eigenvalue weighted by Crippen LogP contribution is 2.29. The lowest BCUT2D eigenvalue weighted by molar-refractivity contribution is 0.481. The lowest BCUT2D eigenvalue weighted by atomic mass is 9.99. The Balaban J connectivity index is 2.95. The van der Waals surface area contributed by atoms with Crippen molar-refractivity contribution in [2.75, 3.05) is 0 Å². The minimum absolute atomic E-state index is 0.378. The van der Waals surface area contributed by atoms with Crippen LogP contribution in [0.5, 0.6) is 5.75 Å². The zero-order chi connectivity index (χ0) is 10.3. The highest BCUT2D eigenvalue weighted by molar-refractivity contribution is 5.92. The van der Waals surface area contributed by atoms with Gasteiger partial charge in [0.1, 0.15) is 5.75 Å². The van der Waals surface area contributed by atoms with Gasteiger partial charge in [0.15, 0.2) is 0 Å². The van der Waals surface area contributed by atoms with Crippen LogP contribution in [0.4, 0.5) is 0 Å². The molecule has 1 nitrogen and oxygen atoms in total. The molecule has 0 aliphatic heterocycles. The lowest BCUT2D eigenvalue weighted by Crippen LogP contribution is -1.85. The van der Waals surface area contributed by atoms with Crippen molar-refractivity contribution in [2.24, 2.45) is 0 Å². The van der Waals surface area contributed by atoms with Crippen LogP contribution in [-0.4, -0.2) is 5.11 Å². The highest BCUT2D eigenvalue weighted by Gasteiger charge is 2.04. The molecular formula is C13H14O. The molecule has 2 rings (SSSR count). The summed E-state index contributed by atoms with van der Waals surface area (Å²) in [6.45, 7) is 6.19. The third-order valence-corrected chi connectivity index (χ3v) is 2.80. The summed E-state index contributed by atoms with van der Waals surface area (Å²) in [7, 11) is 0. The van der Waals surface area contributed by atoms with Crippen LogP contribution in [0.25, 0.3) is 10.8 Å². The highest BCUT2D eigenvalue weighted by atomic mass is 16.3. The molecular weight excluding hydrogens is 172 g/mol. The maximum atomic E-state index is 9.77. The van der Waals surface area contributed by atoms with E-state index in [2.05, 4.69) is 19.9 Å². The topological polar surface area (TPSA) is 20.2 Å². The molecule has 0 bridgehead atoms. The van der Waals surface area contributed by atoms with E-state index in [1.807, 2.05) is 19.1 Å². The number of aromatic hydroxyl groups is 1. The van der Waals surface area contributed by atoms with Crippen molar-refractivity contribution in [1.82, 2.24) is 0 Å². The number of rotatable bonds is 0. The maximum absolute atomic E-state index is 9.77. The monoisotopic (exact) mass is 186 g/mol. The second-order valence-electron chi connectivity index (χ2n) is 3.89. The van der Waals surface area contributed by atoms with Crippen molar-refractivity contribution in [2.45, 2.75) is 20.8 Å². The van der Waals surface area contributed by atoms with E-state index in [-0.39, 0.29) is 0 Å². The molecule has 0 saturated carbocycles. The fraction of sp³-hybridized carbons (Fsp3) is 0.231. The molecule has 0 saturated heterocycles. The summed E-state index contributed by atoms with van der Waals surface area (Å²) in [5.74, 6) is 0.378. The van der Waals surface area contributed by atoms with E-state index in [1.54, 1.807) is 6.07 Å². The second-order valence-corrected chi connectivity index (χ2v) is 3.89. The number of phenolic OH excluding ortho intramolecular Hbond substituents is 1. The van der Waals surface area contributed by atoms with Gasteiger partial charge in [0, 0.05) is 5.39 Å². The number of benzene rings is 2. The van der Waals surface area contributed by atoms with Crippen LogP contribution in [-0.2, 0) is 0 Å². The van der Waals surface area contributed by atoms with Gasteiger partial charge in [0.05, 0.1) is 0 Å². The van der Waals surface area contributed by atoms with Crippen molar-refractivity contribution in [3.05, 3.63) is 41.0 Å². The summed E-state index contributed by atoms with van der Waals surface area (Å²) < 4.78 is 0. The quantitative estimate of drug-likeness (QED) is 0.668. The molecule has 72 valence electrons. The minimum atomic E-state index is 0.378. The van der Waals surface area contributed by atoms with Gasteiger partial charge in [-0.05, 0) is 48.9 Å². The lowest BCUT2D eigenvalue weighted by Gasteiger charge is -2.08. The summed E-state index contributed by atoms with van der Waals surface area (Å²) in [6, 6.07) is 7.95. The predicted octanol–water partition coefficient (Wildman–Crippen LogP) is 3.47. The Morgan fingerprint density at radius 3 is 2.36 bits per heavy atom. The van der Waals surface area contributed by atoms with Crippen LogP contribution in [0.15, 0.2) is 24.3 Å². The molecule has 0 aliphatic carbocycles. The van der Waals surface area contributed by atoms with E-state index < -0.39 is 0 Å². The molecule has 0 spiro atoms. The van der Waals surface area contributed by atoms with Crippen molar-refractivity contribution < 1.29 is 5.11 Å². The Morgan fingerprint density at radius 1 is 0.929 bits per heavy atom. The fourth-order valence-electron chi connectivity index (χ4n) is 1.81. The molecule has 0 atom stereocenters. The number of hydrogen-bond acceptors (Lipinski definition) is 1. The maximum Gasteiger partial charge on any atom is 0.123 e. The molecule has 0 heterocycles. The molecule has 2 aromatic rings. The number of fused-ring (bicyclic) bond motifs is 1. The minimum Gasteiger partial charge on any atom is -0.507 e. The van der Waals surface area contributed by atoms with Crippen LogP contribution >= 0.6 is 0 Å². The first-order valence-corrected chi connectivity index (χ1v) is 4.79. The largest absolute Gasteiger partial charge is 0.507 e. The van der Waals surface area contributed by atoms with E-state index in [4.69, 9.17) is 0 Å². The Hall–Kier alpha value is -1.50. The molecule has 0 amide bonds. The van der Waals surface area contributed by atoms with E-state index in [1.165, 1.54) is 11.1 Å². The van der Waals surface area contributed by atoms with Gasteiger partial charge in [-0.25, -0.2) is 0 Å². The van der Waals surface area contributed by atoms with Gasteiger partial charge in [0.2, 0.25) is 0 Å². The first-order valence-electron chi connectivity index (χ1n) is 4.79. The molecule has 0 fully saturated rings. The van der Waals surface area contributed by atoms with Crippen LogP contribution in [0.1, 0.15) is 16.7 Å². The van der Waals surface area contributed by atoms with Gasteiger partial charge < -0.3 is 5.11 Å². The van der Waals surface area contributed by atoms with Crippen molar-refractivity contribution in [3.63, 3.8) is 0 Å². The molecule has 2 aromatic carbocycles. The van der Waals surface area contributed by atoms with E-state index in [0.717, 1.165) is 16.3 Å². The Bertz CT molecular complexity index is 498. The fourth-order valence-corrected chi connectivity index (χ4v) is 1.81. The summed E-state index contributed by atoms with van der Waals surface area (Å²) in [6.07, 6.45) is 0. The van der Waals surface area contributed by atoms with Gasteiger partial charge in [-0.3, -0.25) is 0 Å². The summed E-state index contributed by atoms with van der Waals surface area (Å²) in [5, 5.41) is 11.9. The second kappa shape index (κ2) is 3.02. The predicted molar refractivity (Wildman–Crippen MR) is 59.8 cm³/mol. The molecule has 0 aromatic heterocycles. The Labute approximate surface area is 84.0 Å². The van der Waals surface area contributed by atoms with Crippen molar-refractivity contribution in [3.8, 4) is 5.75 Å².